The lowest BCUT2D eigenvalue weighted by Gasteiger charge is -2.16. The highest BCUT2D eigenvalue weighted by Crippen LogP contribution is 2.32. The summed E-state index contributed by atoms with van der Waals surface area (Å²) >= 11 is 0. The molecule has 1 aliphatic heterocycles. The summed E-state index contributed by atoms with van der Waals surface area (Å²) in [6.07, 6.45) is 1.03. The molecule has 29 heavy (non-hydrogen) atoms. The Morgan fingerprint density at radius 1 is 1.17 bits per heavy atom. The van der Waals surface area contributed by atoms with E-state index in [2.05, 4.69) is 10.6 Å². The third kappa shape index (κ3) is 4.41. The average molecular weight is 394 g/mol. The Bertz CT molecular complexity index is 1000. The minimum atomic E-state index is 0.169. The maximum atomic E-state index is 10.4. The van der Waals surface area contributed by atoms with E-state index >= 15 is 0 Å². The van der Waals surface area contributed by atoms with Gasteiger partial charge in [-0.15, -0.1) is 0 Å². The molecule has 1 saturated heterocycles. The van der Waals surface area contributed by atoms with Gasteiger partial charge in [-0.05, 0) is 50.2 Å². The van der Waals surface area contributed by atoms with E-state index in [-0.39, 0.29) is 5.75 Å². The van der Waals surface area contributed by atoms with Crippen LogP contribution in [-0.2, 0) is 4.74 Å². The second-order valence-corrected chi connectivity index (χ2v) is 7.27. The van der Waals surface area contributed by atoms with Gasteiger partial charge in [-0.25, -0.2) is 9.97 Å². The summed E-state index contributed by atoms with van der Waals surface area (Å²) in [6, 6.07) is 11.5. The first-order valence-corrected chi connectivity index (χ1v) is 9.85. The van der Waals surface area contributed by atoms with Crippen molar-refractivity contribution in [2.75, 3.05) is 38.7 Å². The van der Waals surface area contributed by atoms with Gasteiger partial charge < -0.3 is 25.2 Å². The monoisotopic (exact) mass is 394 g/mol. The molecule has 0 spiro atoms. The molecule has 152 valence electrons. The molecule has 3 aromatic rings. The van der Waals surface area contributed by atoms with E-state index in [0.29, 0.717) is 30.6 Å². The van der Waals surface area contributed by atoms with Crippen LogP contribution >= 0.6 is 0 Å². The largest absolute Gasteiger partial charge is 0.507 e. The number of phenols is 1. The summed E-state index contributed by atoms with van der Waals surface area (Å²) < 4.78 is 10.8. The Labute approximate surface area is 170 Å². The fourth-order valence-corrected chi connectivity index (χ4v) is 3.47. The molecule has 7 heteroatoms. The lowest BCUT2D eigenvalue weighted by Crippen LogP contribution is -2.23. The molecular weight excluding hydrogens is 368 g/mol. The number of rotatable bonds is 7. The van der Waals surface area contributed by atoms with Crippen molar-refractivity contribution in [1.82, 2.24) is 15.3 Å². The van der Waals surface area contributed by atoms with Crippen molar-refractivity contribution in [1.29, 1.82) is 0 Å². The molecule has 0 radical (unpaired) electrons. The molecular formula is C22H26N4O3. The Hall–Kier alpha value is -2.90. The van der Waals surface area contributed by atoms with Crippen LogP contribution in [0.5, 0.6) is 11.5 Å². The average Bonchev–Trinajstić information content (AvgIpc) is 3.23. The molecule has 4 rings (SSSR count). The third-order valence-electron chi connectivity index (χ3n) is 5.02. The quantitative estimate of drug-likeness (QED) is 0.531. The van der Waals surface area contributed by atoms with Crippen LogP contribution in [0, 0.1) is 6.92 Å². The number of phenolic OH excluding ortho intramolecular Hbond substituents is 1. The van der Waals surface area contributed by atoms with Crippen molar-refractivity contribution in [2.24, 2.45) is 0 Å². The minimum absolute atomic E-state index is 0.169. The van der Waals surface area contributed by atoms with Crippen molar-refractivity contribution in [3.63, 3.8) is 0 Å². The van der Waals surface area contributed by atoms with Gasteiger partial charge in [0.1, 0.15) is 23.9 Å². The van der Waals surface area contributed by atoms with Crippen molar-refractivity contribution in [3.05, 3.63) is 42.0 Å². The van der Waals surface area contributed by atoms with E-state index in [9.17, 15) is 5.11 Å². The van der Waals surface area contributed by atoms with Crippen LogP contribution in [0.25, 0.3) is 22.3 Å². The third-order valence-corrected chi connectivity index (χ3v) is 5.02. The van der Waals surface area contributed by atoms with Gasteiger partial charge in [0.2, 0.25) is 0 Å². The van der Waals surface area contributed by atoms with E-state index in [1.165, 1.54) is 0 Å². The Morgan fingerprint density at radius 3 is 2.86 bits per heavy atom. The summed E-state index contributed by atoms with van der Waals surface area (Å²) in [5.41, 5.74) is 2.46. The maximum Gasteiger partial charge on any atom is 0.165 e. The smallest absolute Gasteiger partial charge is 0.165 e. The normalized spacial score (nSPS) is 16.3. The van der Waals surface area contributed by atoms with E-state index in [4.69, 9.17) is 19.4 Å². The molecule has 1 aromatic heterocycles. The van der Waals surface area contributed by atoms with Gasteiger partial charge in [-0.2, -0.15) is 0 Å². The lowest BCUT2D eigenvalue weighted by molar-refractivity contribution is 0.146. The summed E-state index contributed by atoms with van der Waals surface area (Å²) in [5, 5.41) is 18.2. The number of aromatic nitrogens is 2. The zero-order chi connectivity index (χ0) is 20.2. The van der Waals surface area contributed by atoms with Gasteiger partial charge in [-0.3, -0.25) is 0 Å². The van der Waals surface area contributed by atoms with Crippen LogP contribution < -0.4 is 15.4 Å². The number of methoxy groups -OCH3 is 1. The topological polar surface area (TPSA) is 88.5 Å². The molecule has 0 amide bonds. The van der Waals surface area contributed by atoms with Crippen molar-refractivity contribution < 1.29 is 14.6 Å². The van der Waals surface area contributed by atoms with Gasteiger partial charge in [0.15, 0.2) is 5.82 Å². The lowest BCUT2D eigenvalue weighted by atomic mass is 10.1. The molecule has 2 aromatic carbocycles. The molecule has 7 nitrogen and oxygen atoms in total. The summed E-state index contributed by atoms with van der Waals surface area (Å²) in [7, 11) is 1.65. The Kier molecular flexibility index (Phi) is 5.78. The zero-order valence-electron chi connectivity index (χ0n) is 16.7. The van der Waals surface area contributed by atoms with E-state index in [1.807, 2.05) is 37.3 Å². The second-order valence-electron chi connectivity index (χ2n) is 7.27. The molecule has 3 N–H and O–H groups in total. The summed E-state index contributed by atoms with van der Waals surface area (Å²) in [5.74, 6) is 2.16. The van der Waals surface area contributed by atoms with Gasteiger partial charge in [0.05, 0.1) is 17.7 Å². The van der Waals surface area contributed by atoms with Crippen LogP contribution in [0.3, 0.4) is 0 Å². The van der Waals surface area contributed by atoms with Crippen LogP contribution in [-0.4, -0.2) is 54.5 Å². The molecule has 0 saturated carbocycles. The Balaban J connectivity index is 1.77. The highest BCUT2D eigenvalue weighted by Gasteiger charge is 2.19. The summed E-state index contributed by atoms with van der Waals surface area (Å²) in [4.78, 5) is 9.50. The maximum absolute atomic E-state index is 10.4. The second kappa shape index (κ2) is 8.63. The first-order chi connectivity index (χ1) is 14.1. The number of anilines is 1. The van der Waals surface area contributed by atoms with Gasteiger partial charge in [-0.1, -0.05) is 11.6 Å². The van der Waals surface area contributed by atoms with Crippen LogP contribution in [0.4, 0.5) is 5.82 Å². The molecule has 0 aliphatic carbocycles. The number of aryl methyl sites for hydroxylation is 1. The predicted octanol–water partition coefficient (Wildman–Crippen LogP) is 3.11. The van der Waals surface area contributed by atoms with E-state index in [1.54, 1.807) is 13.2 Å². The molecule has 1 fully saturated rings. The van der Waals surface area contributed by atoms with E-state index < -0.39 is 0 Å². The van der Waals surface area contributed by atoms with Gasteiger partial charge in [0, 0.05) is 25.1 Å². The van der Waals surface area contributed by atoms with Gasteiger partial charge >= 0.3 is 0 Å². The molecule has 1 atom stereocenters. The van der Waals surface area contributed by atoms with E-state index in [0.717, 1.165) is 47.5 Å². The number of nitrogens with zero attached hydrogens (tertiary/aromatic N) is 2. The molecule has 2 heterocycles. The predicted molar refractivity (Wildman–Crippen MR) is 114 cm³/mol. The highest BCUT2D eigenvalue weighted by atomic mass is 16.5. The number of fused-ring (bicyclic) bond motifs is 1. The van der Waals surface area contributed by atoms with Crippen molar-refractivity contribution in [3.8, 4) is 22.9 Å². The molecule has 1 aliphatic rings. The fourth-order valence-electron chi connectivity index (χ4n) is 3.47. The van der Waals surface area contributed by atoms with Crippen LogP contribution in [0.2, 0.25) is 0 Å². The first-order valence-electron chi connectivity index (χ1n) is 9.85. The Morgan fingerprint density at radius 2 is 2.07 bits per heavy atom. The van der Waals surface area contributed by atoms with Crippen molar-refractivity contribution >= 4 is 16.7 Å². The molecule has 0 unspecified atom stereocenters. The number of ether oxygens (including phenoxy) is 2. The molecule has 0 bridgehead atoms. The van der Waals surface area contributed by atoms with Gasteiger partial charge in [0.25, 0.3) is 0 Å². The first kappa shape index (κ1) is 19.4. The SMILES string of the molecule is COCCOc1ccc2nc(-c3cc(C)ccc3O)nc(N[C@H]3CCNC3)c2c1. The number of aromatic hydroxyl groups is 1. The highest BCUT2D eigenvalue weighted by molar-refractivity contribution is 5.92. The van der Waals surface area contributed by atoms with Crippen LogP contribution in [0.1, 0.15) is 12.0 Å². The minimum Gasteiger partial charge on any atom is -0.507 e. The fraction of sp³-hybridized carbons (Fsp3) is 0.364. The summed E-state index contributed by atoms with van der Waals surface area (Å²) in [6.45, 7) is 4.86. The number of nitrogens with one attached hydrogen (secondary N) is 2. The number of hydrogen-bond donors (Lipinski definition) is 3. The number of hydrogen-bond acceptors (Lipinski definition) is 7. The standard InChI is InChI=1S/C22H26N4O3/c1-14-3-6-20(27)18(11-14)22-25-19-5-4-16(29-10-9-28-2)12-17(19)21(26-22)24-15-7-8-23-13-15/h3-6,11-12,15,23,27H,7-10,13H2,1-2H3,(H,24,25,26)/t15-/m0/s1. The van der Waals surface area contributed by atoms with Crippen molar-refractivity contribution in [2.45, 2.75) is 19.4 Å². The number of benzene rings is 2. The zero-order valence-corrected chi connectivity index (χ0v) is 16.7. The van der Waals surface area contributed by atoms with Crippen LogP contribution in [0.15, 0.2) is 36.4 Å².